The van der Waals surface area contributed by atoms with Crippen LogP contribution in [0.1, 0.15) is 12.0 Å². The highest BCUT2D eigenvalue weighted by atomic mass is 19.1. The van der Waals surface area contributed by atoms with Gasteiger partial charge >= 0.3 is 0 Å². The molecule has 2 rings (SSSR count). The molecule has 0 aromatic heterocycles. The summed E-state index contributed by atoms with van der Waals surface area (Å²) in [5.41, 5.74) is 2.84. The lowest BCUT2D eigenvalue weighted by molar-refractivity contribution is 0.384. The van der Waals surface area contributed by atoms with Crippen molar-refractivity contribution in [1.82, 2.24) is 10.7 Å². The fourth-order valence-corrected chi connectivity index (χ4v) is 1.74. The Bertz CT molecular complexity index is 620. The number of halogens is 2. The minimum atomic E-state index is -0.708. The number of aliphatic hydroxyl groups excluding tert-OH is 1. The third kappa shape index (κ3) is 3.65. The zero-order valence-corrected chi connectivity index (χ0v) is 11.1. The normalized spacial score (nSPS) is 17.7. The number of nitrogens with one attached hydrogen (secondary N) is 2. The van der Waals surface area contributed by atoms with Gasteiger partial charge < -0.3 is 10.4 Å². The molecule has 1 aromatic rings. The SMILES string of the molecule is C=C(O)CC1N=C(N/N=C/c2c(F)cccc2F)NC1=C. The van der Waals surface area contributed by atoms with Gasteiger partial charge in [0.2, 0.25) is 5.96 Å². The van der Waals surface area contributed by atoms with Crippen LogP contribution >= 0.6 is 0 Å². The monoisotopic (exact) mass is 292 g/mol. The maximum absolute atomic E-state index is 13.4. The first-order valence-electron chi connectivity index (χ1n) is 6.11. The van der Waals surface area contributed by atoms with Gasteiger partial charge in [-0.05, 0) is 12.1 Å². The average Bonchev–Trinajstić information content (AvgIpc) is 2.73. The minimum absolute atomic E-state index is 0.00937. The summed E-state index contributed by atoms with van der Waals surface area (Å²) in [5.74, 6) is -1.15. The van der Waals surface area contributed by atoms with Crippen LogP contribution in [0.3, 0.4) is 0 Å². The summed E-state index contributed by atoms with van der Waals surface area (Å²) in [7, 11) is 0. The van der Waals surface area contributed by atoms with Crippen LogP contribution < -0.4 is 10.7 Å². The Morgan fingerprint density at radius 2 is 2.14 bits per heavy atom. The van der Waals surface area contributed by atoms with Crippen LogP contribution in [0.15, 0.2) is 52.9 Å². The van der Waals surface area contributed by atoms with Gasteiger partial charge in [0.05, 0.1) is 17.5 Å². The van der Waals surface area contributed by atoms with E-state index in [1.54, 1.807) is 0 Å². The van der Waals surface area contributed by atoms with E-state index in [9.17, 15) is 8.78 Å². The number of aliphatic hydroxyl groups is 1. The van der Waals surface area contributed by atoms with Crippen molar-refractivity contribution < 1.29 is 13.9 Å². The number of aliphatic imine (C=N–C) groups is 1. The van der Waals surface area contributed by atoms with Crippen LogP contribution in [0.2, 0.25) is 0 Å². The molecule has 0 saturated heterocycles. The highest BCUT2D eigenvalue weighted by Gasteiger charge is 2.21. The highest BCUT2D eigenvalue weighted by molar-refractivity contribution is 5.86. The lowest BCUT2D eigenvalue weighted by Crippen LogP contribution is -2.29. The Labute approximate surface area is 120 Å². The molecule has 21 heavy (non-hydrogen) atoms. The van der Waals surface area contributed by atoms with E-state index >= 15 is 0 Å². The summed E-state index contributed by atoms with van der Waals surface area (Å²) in [6, 6.07) is 3.19. The van der Waals surface area contributed by atoms with Gasteiger partial charge in [-0.3, -0.25) is 0 Å². The molecule has 0 aliphatic carbocycles. The summed E-state index contributed by atoms with van der Waals surface area (Å²) in [5, 5.41) is 15.7. The Morgan fingerprint density at radius 3 is 2.76 bits per heavy atom. The standard InChI is InChI=1S/C14H14F2N4O/c1-8(21)6-13-9(2)18-14(19-13)20-17-7-10-11(15)4-3-5-12(10)16/h3-5,7,13,21H,1-2,6H2,(H2,18,19,20)/b17-7+. The van der Waals surface area contributed by atoms with Gasteiger partial charge in [-0.25, -0.2) is 19.2 Å². The highest BCUT2D eigenvalue weighted by Crippen LogP contribution is 2.15. The molecule has 5 nitrogen and oxygen atoms in total. The van der Waals surface area contributed by atoms with Crippen molar-refractivity contribution in [2.24, 2.45) is 10.1 Å². The molecule has 1 unspecified atom stereocenters. The summed E-state index contributed by atoms with van der Waals surface area (Å²) in [6.07, 6.45) is 1.26. The fourth-order valence-electron chi connectivity index (χ4n) is 1.74. The molecule has 1 aliphatic rings. The number of hydrogen-bond donors (Lipinski definition) is 3. The zero-order chi connectivity index (χ0) is 15.4. The van der Waals surface area contributed by atoms with E-state index in [0.29, 0.717) is 5.70 Å². The molecule has 0 bridgehead atoms. The molecule has 0 saturated carbocycles. The first kappa shape index (κ1) is 14.7. The second-order valence-corrected chi connectivity index (χ2v) is 4.42. The Morgan fingerprint density at radius 1 is 1.48 bits per heavy atom. The maximum Gasteiger partial charge on any atom is 0.217 e. The zero-order valence-electron chi connectivity index (χ0n) is 11.1. The molecule has 1 aliphatic heterocycles. The lowest BCUT2D eigenvalue weighted by Gasteiger charge is -2.05. The number of benzene rings is 1. The Kier molecular flexibility index (Phi) is 4.32. The summed E-state index contributed by atoms with van der Waals surface area (Å²) < 4.78 is 26.7. The van der Waals surface area contributed by atoms with Crippen LogP contribution in [0.25, 0.3) is 0 Å². The predicted molar refractivity (Wildman–Crippen MR) is 77.0 cm³/mol. The third-order valence-corrected chi connectivity index (χ3v) is 2.76. The minimum Gasteiger partial charge on any atom is -0.513 e. The lowest BCUT2D eigenvalue weighted by atomic mass is 10.1. The molecular formula is C14H14F2N4O. The number of hydrazone groups is 1. The molecule has 0 radical (unpaired) electrons. The van der Waals surface area contributed by atoms with E-state index in [0.717, 1.165) is 18.3 Å². The summed E-state index contributed by atoms with van der Waals surface area (Å²) in [4.78, 5) is 4.16. The smallest absolute Gasteiger partial charge is 0.217 e. The van der Waals surface area contributed by atoms with Crippen LogP contribution in [-0.4, -0.2) is 23.3 Å². The number of nitrogens with zero attached hydrogens (tertiary/aromatic N) is 2. The molecule has 7 heteroatoms. The third-order valence-electron chi connectivity index (χ3n) is 2.76. The maximum atomic E-state index is 13.4. The number of guanidine groups is 1. The van der Waals surface area contributed by atoms with Crippen LogP contribution in [0, 0.1) is 11.6 Å². The molecule has 0 spiro atoms. The largest absolute Gasteiger partial charge is 0.513 e. The molecule has 0 fully saturated rings. The number of hydrogen-bond acceptors (Lipinski definition) is 5. The van der Waals surface area contributed by atoms with Gasteiger partial charge in [0, 0.05) is 12.1 Å². The van der Waals surface area contributed by atoms with Gasteiger partial charge in [0.25, 0.3) is 0 Å². The molecule has 0 amide bonds. The van der Waals surface area contributed by atoms with Crippen molar-refractivity contribution in [3.05, 3.63) is 60.0 Å². The van der Waals surface area contributed by atoms with Gasteiger partial charge in [0.15, 0.2) is 0 Å². The molecule has 110 valence electrons. The first-order valence-corrected chi connectivity index (χ1v) is 6.11. The van der Waals surface area contributed by atoms with Crippen molar-refractivity contribution in [3.63, 3.8) is 0 Å². The average molecular weight is 292 g/mol. The van der Waals surface area contributed by atoms with E-state index < -0.39 is 11.6 Å². The Hall–Kier alpha value is -2.70. The van der Waals surface area contributed by atoms with Crippen LogP contribution in [0.4, 0.5) is 8.78 Å². The van der Waals surface area contributed by atoms with E-state index in [1.807, 2.05) is 0 Å². The van der Waals surface area contributed by atoms with Crippen molar-refractivity contribution in [2.45, 2.75) is 12.5 Å². The molecule has 1 atom stereocenters. The summed E-state index contributed by atoms with van der Waals surface area (Å²) >= 11 is 0. The fraction of sp³-hybridized carbons (Fsp3) is 0.143. The second-order valence-electron chi connectivity index (χ2n) is 4.42. The number of rotatable bonds is 4. The molecule has 1 aromatic carbocycles. The van der Waals surface area contributed by atoms with Gasteiger partial charge in [-0.2, -0.15) is 5.10 Å². The topological polar surface area (TPSA) is 69.0 Å². The van der Waals surface area contributed by atoms with Crippen molar-refractivity contribution >= 4 is 12.2 Å². The van der Waals surface area contributed by atoms with E-state index in [4.69, 9.17) is 5.11 Å². The van der Waals surface area contributed by atoms with Crippen LogP contribution in [0.5, 0.6) is 0 Å². The van der Waals surface area contributed by atoms with Gasteiger partial charge in [-0.1, -0.05) is 19.2 Å². The van der Waals surface area contributed by atoms with E-state index in [1.165, 1.54) is 6.07 Å². The van der Waals surface area contributed by atoms with Crippen molar-refractivity contribution in [2.75, 3.05) is 0 Å². The Balaban J connectivity index is 2.02. The molecule has 1 heterocycles. The van der Waals surface area contributed by atoms with Gasteiger partial charge in [-0.15, -0.1) is 0 Å². The summed E-state index contributed by atoms with van der Waals surface area (Å²) in [6.45, 7) is 7.13. The van der Waals surface area contributed by atoms with Gasteiger partial charge in [0.1, 0.15) is 17.7 Å². The second kappa shape index (κ2) is 6.17. The first-order chi connectivity index (χ1) is 9.97. The molecular weight excluding hydrogens is 278 g/mol. The van der Waals surface area contributed by atoms with Crippen molar-refractivity contribution in [1.29, 1.82) is 0 Å². The van der Waals surface area contributed by atoms with E-state index in [2.05, 4.69) is 34.0 Å². The van der Waals surface area contributed by atoms with Crippen molar-refractivity contribution in [3.8, 4) is 0 Å². The molecule has 3 N–H and O–H groups in total. The quantitative estimate of drug-likeness (QED) is 0.452. The predicted octanol–water partition coefficient (Wildman–Crippen LogP) is 2.19. The van der Waals surface area contributed by atoms with Crippen LogP contribution in [-0.2, 0) is 0 Å². The van der Waals surface area contributed by atoms with E-state index in [-0.39, 0.29) is 29.7 Å².